The second kappa shape index (κ2) is 10.1. The first-order chi connectivity index (χ1) is 12.1. The number of hydrogen-bond acceptors (Lipinski definition) is 3. The van der Waals surface area contributed by atoms with Gasteiger partial charge in [-0.25, -0.2) is 0 Å². The summed E-state index contributed by atoms with van der Waals surface area (Å²) in [6.45, 7) is 9.34. The van der Waals surface area contributed by atoms with Crippen molar-refractivity contribution in [1.29, 1.82) is 0 Å². The average Bonchev–Trinajstić information content (AvgIpc) is 3.31. The van der Waals surface area contributed by atoms with Gasteiger partial charge in [-0.1, -0.05) is 0 Å². The van der Waals surface area contributed by atoms with Gasteiger partial charge in [0.1, 0.15) is 0 Å². The lowest BCUT2D eigenvalue weighted by Gasteiger charge is -2.11. The van der Waals surface area contributed by atoms with Gasteiger partial charge < -0.3 is 16.0 Å². The summed E-state index contributed by atoms with van der Waals surface area (Å²) in [5.74, 6) is 0.981. The summed E-state index contributed by atoms with van der Waals surface area (Å²) >= 11 is 0. The predicted octanol–water partition coefficient (Wildman–Crippen LogP) is 1.50. The number of nitrogens with zero attached hydrogens (tertiary/aromatic N) is 3. The van der Waals surface area contributed by atoms with Gasteiger partial charge in [-0.15, -0.1) is 0 Å². The van der Waals surface area contributed by atoms with E-state index >= 15 is 0 Å². The molecule has 0 unspecified atom stereocenters. The van der Waals surface area contributed by atoms with Crippen molar-refractivity contribution in [3.63, 3.8) is 0 Å². The molecule has 1 aliphatic rings. The molecule has 1 aromatic rings. The van der Waals surface area contributed by atoms with E-state index in [2.05, 4.69) is 46.0 Å². The summed E-state index contributed by atoms with van der Waals surface area (Å²) < 4.78 is 2.03. The molecule has 0 aromatic carbocycles. The van der Waals surface area contributed by atoms with Gasteiger partial charge in [0, 0.05) is 44.3 Å². The van der Waals surface area contributed by atoms with Crippen molar-refractivity contribution in [2.24, 2.45) is 4.99 Å². The van der Waals surface area contributed by atoms with Crippen LogP contribution in [-0.2, 0) is 11.3 Å². The summed E-state index contributed by atoms with van der Waals surface area (Å²) in [7, 11) is 0. The Hall–Kier alpha value is -2.05. The van der Waals surface area contributed by atoms with E-state index < -0.39 is 0 Å². The summed E-state index contributed by atoms with van der Waals surface area (Å²) in [6, 6.07) is 2.54. The topological polar surface area (TPSA) is 83.3 Å². The Bertz CT molecular complexity index is 576. The SMILES string of the molecule is CCNC(=NCCCn1nc(C)cc1C)NCCCC(=O)NC1CC1. The Morgan fingerprint density at radius 3 is 2.76 bits per heavy atom. The molecule has 0 radical (unpaired) electrons. The number of rotatable bonds is 10. The third-order valence-electron chi connectivity index (χ3n) is 4.06. The number of aromatic nitrogens is 2. The molecule has 0 aliphatic heterocycles. The molecular formula is C18H32N6O. The van der Waals surface area contributed by atoms with E-state index in [0.717, 1.165) is 63.5 Å². The molecule has 0 spiro atoms. The normalized spacial score (nSPS) is 14.4. The molecule has 0 saturated heterocycles. The van der Waals surface area contributed by atoms with Crippen molar-refractivity contribution in [2.45, 2.75) is 65.5 Å². The van der Waals surface area contributed by atoms with Crippen molar-refractivity contribution in [3.05, 3.63) is 17.5 Å². The first kappa shape index (κ1) is 19.3. The molecule has 1 heterocycles. The van der Waals surface area contributed by atoms with Crippen LogP contribution in [0.1, 0.15) is 50.4 Å². The number of carbonyl (C=O) groups excluding carboxylic acids is 1. The minimum atomic E-state index is 0.163. The van der Waals surface area contributed by atoms with Crippen LogP contribution in [0.25, 0.3) is 0 Å². The quantitative estimate of drug-likeness (QED) is 0.340. The van der Waals surface area contributed by atoms with E-state index in [9.17, 15) is 4.79 Å². The van der Waals surface area contributed by atoms with Gasteiger partial charge in [0.05, 0.1) is 5.69 Å². The standard InChI is InChI=1S/C18H32N6O/c1-4-19-18(20-10-5-7-17(25)22-16-8-9-16)21-11-6-12-24-15(3)13-14(2)23-24/h13,16H,4-12H2,1-3H3,(H,22,25)(H2,19,20,21). The highest BCUT2D eigenvalue weighted by Gasteiger charge is 2.22. The zero-order valence-electron chi connectivity index (χ0n) is 15.8. The Balaban J connectivity index is 1.63. The molecule has 1 amide bonds. The molecule has 25 heavy (non-hydrogen) atoms. The van der Waals surface area contributed by atoms with Crippen LogP contribution in [0.5, 0.6) is 0 Å². The highest BCUT2D eigenvalue weighted by Crippen LogP contribution is 2.18. The van der Waals surface area contributed by atoms with E-state index in [-0.39, 0.29) is 5.91 Å². The summed E-state index contributed by atoms with van der Waals surface area (Å²) in [6.07, 6.45) is 4.61. The van der Waals surface area contributed by atoms with Crippen molar-refractivity contribution in [3.8, 4) is 0 Å². The fourth-order valence-electron chi connectivity index (χ4n) is 2.64. The first-order valence-corrected chi connectivity index (χ1v) is 9.41. The molecule has 7 heteroatoms. The number of guanidine groups is 1. The maximum atomic E-state index is 11.6. The highest BCUT2D eigenvalue weighted by atomic mass is 16.1. The molecule has 140 valence electrons. The Morgan fingerprint density at radius 1 is 1.32 bits per heavy atom. The van der Waals surface area contributed by atoms with Crippen molar-refractivity contribution >= 4 is 11.9 Å². The lowest BCUT2D eigenvalue weighted by molar-refractivity contribution is -0.121. The monoisotopic (exact) mass is 348 g/mol. The van der Waals surface area contributed by atoms with Crippen LogP contribution in [0.2, 0.25) is 0 Å². The Kier molecular flexibility index (Phi) is 7.76. The minimum absolute atomic E-state index is 0.163. The second-order valence-electron chi connectivity index (χ2n) is 6.64. The summed E-state index contributed by atoms with van der Waals surface area (Å²) in [5, 5.41) is 14.0. The largest absolute Gasteiger partial charge is 0.357 e. The predicted molar refractivity (Wildman–Crippen MR) is 101 cm³/mol. The van der Waals surface area contributed by atoms with Gasteiger partial charge in [0.2, 0.25) is 5.91 Å². The Labute approximate surface area is 150 Å². The second-order valence-corrected chi connectivity index (χ2v) is 6.64. The molecule has 7 nitrogen and oxygen atoms in total. The van der Waals surface area contributed by atoms with E-state index in [0.29, 0.717) is 12.5 Å². The molecule has 1 saturated carbocycles. The molecule has 1 aliphatic carbocycles. The third kappa shape index (κ3) is 7.58. The molecule has 3 N–H and O–H groups in total. The van der Waals surface area contributed by atoms with Crippen LogP contribution in [0, 0.1) is 13.8 Å². The zero-order chi connectivity index (χ0) is 18.1. The Morgan fingerprint density at radius 2 is 2.12 bits per heavy atom. The number of carbonyl (C=O) groups is 1. The van der Waals surface area contributed by atoms with E-state index in [4.69, 9.17) is 0 Å². The zero-order valence-corrected chi connectivity index (χ0v) is 15.8. The highest BCUT2D eigenvalue weighted by molar-refractivity contribution is 5.80. The molecule has 2 rings (SSSR count). The minimum Gasteiger partial charge on any atom is -0.357 e. The number of nitrogens with one attached hydrogen (secondary N) is 3. The average molecular weight is 348 g/mol. The van der Waals surface area contributed by atoms with Crippen LogP contribution in [0.4, 0.5) is 0 Å². The van der Waals surface area contributed by atoms with E-state index in [1.165, 1.54) is 5.69 Å². The van der Waals surface area contributed by atoms with Crippen LogP contribution in [-0.4, -0.2) is 47.3 Å². The van der Waals surface area contributed by atoms with Gasteiger partial charge in [0.15, 0.2) is 5.96 Å². The smallest absolute Gasteiger partial charge is 0.220 e. The molecule has 0 atom stereocenters. The first-order valence-electron chi connectivity index (χ1n) is 9.41. The van der Waals surface area contributed by atoms with Crippen molar-refractivity contribution < 1.29 is 4.79 Å². The molecule has 1 fully saturated rings. The van der Waals surface area contributed by atoms with E-state index in [1.807, 2.05) is 11.6 Å². The number of hydrogen-bond donors (Lipinski definition) is 3. The van der Waals surface area contributed by atoms with Crippen LogP contribution in [0.15, 0.2) is 11.1 Å². The van der Waals surface area contributed by atoms with Gasteiger partial charge in [-0.3, -0.25) is 14.5 Å². The van der Waals surface area contributed by atoms with Crippen LogP contribution >= 0.6 is 0 Å². The lowest BCUT2D eigenvalue weighted by Crippen LogP contribution is -2.38. The number of aliphatic imine (C=N–C) groups is 1. The number of amides is 1. The molecule has 0 bridgehead atoms. The van der Waals surface area contributed by atoms with Crippen LogP contribution in [0.3, 0.4) is 0 Å². The van der Waals surface area contributed by atoms with Gasteiger partial charge in [-0.05, 0) is 52.5 Å². The fraction of sp³-hybridized carbons (Fsp3) is 0.722. The summed E-state index contributed by atoms with van der Waals surface area (Å²) in [5.41, 5.74) is 2.25. The number of aryl methyl sites for hydroxylation is 3. The van der Waals surface area contributed by atoms with Crippen LogP contribution < -0.4 is 16.0 Å². The summed E-state index contributed by atoms with van der Waals surface area (Å²) in [4.78, 5) is 16.2. The lowest BCUT2D eigenvalue weighted by atomic mass is 10.3. The van der Waals surface area contributed by atoms with Gasteiger partial charge in [0.25, 0.3) is 0 Å². The van der Waals surface area contributed by atoms with E-state index in [1.54, 1.807) is 0 Å². The van der Waals surface area contributed by atoms with Crippen molar-refractivity contribution in [1.82, 2.24) is 25.7 Å². The maximum absolute atomic E-state index is 11.6. The molecule has 1 aromatic heterocycles. The van der Waals surface area contributed by atoms with Crippen molar-refractivity contribution in [2.75, 3.05) is 19.6 Å². The fourth-order valence-corrected chi connectivity index (χ4v) is 2.64. The molecular weight excluding hydrogens is 316 g/mol. The maximum Gasteiger partial charge on any atom is 0.220 e. The third-order valence-corrected chi connectivity index (χ3v) is 4.06. The van der Waals surface area contributed by atoms with Gasteiger partial charge in [-0.2, -0.15) is 5.10 Å². The van der Waals surface area contributed by atoms with Gasteiger partial charge >= 0.3 is 0 Å².